The smallest absolute Gasteiger partial charge is 0.387 e. The summed E-state index contributed by atoms with van der Waals surface area (Å²) in [5.41, 5.74) is 1.67. The zero-order chi connectivity index (χ0) is 17.8. The first-order chi connectivity index (χ1) is 12.0. The van der Waals surface area contributed by atoms with E-state index in [2.05, 4.69) is 20.1 Å². The monoisotopic (exact) mass is 364 g/mol. The van der Waals surface area contributed by atoms with Gasteiger partial charge in [0.2, 0.25) is 0 Å². The van der Waals surface area contributed by atoms with Gasteiger partial charge in [0.05, 0.1) is 5.69 Å². The van der Waals surface area contributed by atoms with Gasteiger partial charge in [0.25, 0.3) is 5.91 Å². The highest BCUT2D eigenvalue weighted by Gasteiger charge is 2.13. The summed E-state index contributed by atoms with van der Waals surface area (Å²) in [5, 5.41) is 9.02. The van der Waals surface area contributed by atoms with Crippen molar-refractivity contribution in [3.8, 4) is 17.0 Å². The van der Waals surface area contributed by atoms with Crippen LogP contribution in [-0.2, 0) is 6.54 Å². The molecule has 0 saturated carbocycles. The van der Waals surface area contributed by atoms with E-state index in [1.807, 2.05) is 6.92 Å². The van der Waals surface area contributed by atoms with Crippen LogP contribution >= 0.6 is 11.3 Å². The first kappa shape index (κ1) is 17.0. The van der Waals surface area contributed by atoms with Crippen molar-refractivity contribution >= 4 is 22.4 Å². The Morgan fingerprint density at radius 2 is 2.08 bits per heavy atom. The third-order valence-corrected chi connectivity index (χ3v) is 4.05. The predicted molar refractivity (Wildman–Crippen MR) is 90.0 cm³/mol. The van der Waals surface area contributed by atoms with Crippen molar-refractivity contribution in [1.29, 1.82) is 0 Å². The molecule has 6 nitrogen and oxygen atoms in total. The minimum atomic E-state index is -2.86. The molecule has 130 valence electrons. The van der Waals surface area contributed by atoms with Gasteiger partial charge in [-0.3, -0.25) is 14.8 Å². The van der Waals surface area contributed by atoms with Crippen molar-refractivity contribution in [1.82, 2.24) is 14.8 Å². The third kappa shape index (κ3) is 4.18. The van der Waals surface area contributed by atoms with E-state index in [1.54, 1.807) is 34.5 Å². The topological polar surface area (TPSA) is 69.0 Å². The lowest BCUT2D eigenvalue weighted by atomic mass is 10.2. The molecule has 1 N–H and O–H groups in total. The van der Waals surface area contributed by atoms with Crippen LogP contribution in [0.5, 0.6) is 5.75 Å². The van der Waals surface area contributed by atoms with Gasteiger partial charge in [-0.25, -0.2) is 4.98 Å². The Morgan fingerprint density at radius 1 is 1.32 bits per heavy atom. The Bertz CT molecular complexity index is 861. The van der Waals surface area contributed by atoms with Crippen molar-refractivity contribution in [2.45, 2.75) is 20.1 Å². The number of carbonyl (C=O) groups is 1. The second kappa shape index (κ2) is 7.39. The predicted octanol–water partition coefficient (Wildman–Crippen LogP) is 3.88. The van der Waals surface area contributed by atoms with Crippen LogP contribution in [0.2, 0.25) is 0 Å². The maximum absolute atomic E-state index is 12.2. The number of ether oxygens (including phenoxy) is 1. The van der Waals surface area contributed by atoms with Gasteiger partial charge in [-0.1, -0.05) is 0 Å². The molecular weight excluding hydrogens is 350 g/mol. The summed E-state index contributed by atoms with van der Waals surface area (Å²) in [5.74, 6) is -0.261. The molecule has 0 spiro atoms. The first-order valence-electron chi connectivity index (χ1n) is 7.40. The molecule has 3 rings (SSSR count). The second-order valence-corrected chi connectivity index (χ2v) is 5.81. The highest BCUT2D eigenvalue weighted by atomic mass is 32.1. The zero-order valence-corrected chi connectivity index (χ0v) is 14.0. The van der Waals surface area contributed by atoms with E-state index in [-0.39, 0.29) is 11.7 Å². The number of benzene rings is 1. The van der Waals surface area contributed by atoms with E-state index < -0.39 is 6.61 Å². The molecule has 0 radical (unpaired) electrons. The number of rotatable bonds is 6. The molecule has 2 aromatic heterocycles. The van der Waals surface area contributed by atoms with Crippen molar-refractivity contribution < 1.29 is 18.3 Å². The van der Waals surface area contributed by atoms with Crippen molar-refractivity contribution in [3.63, 3.8) is 0 Å². The van der Waals surface area contributed by atoms with Gasteiger partial charge in [0, 0.05) is 23.7 Å². The third-order valence-electron chi connectivity index (χ3n) is 3.30. The van der Waals surface area contributed by atoms with Crippen LogP contribution in [0.1, 0.15) is 17.4 Å². The summed E-state index contributed by atoms with van der Waals surface area (Å²) in [6, 6.07) is 7.77. The van der Waals surface area contributed by atoms with E-state index in [4.69, 9.17) is 0 Å². The van der Waals surface area contributed by atoms with Crippen LogP contribution in [0.15, 0.2) is 41.9 Å². The zero-order valence-electron chi connectivity index (χ0n) is 13.1. The fourth-order valence-corrected chi connectivity index (χ4v) is 2.81. The molecule has 0 unspecified atom stereocenters. The number of thiazole rings is 1. The van der Waals surface area contributed by atoms with Crippen molar-refractivity contribution in [3.05, 3.63) is 47.6 Å². The molecule has 1 aromatic carbocycles. The maximum Gasteiger partial charge on any atom is 0.387 e. The Kier molecular flexibility index (Phi) is 5.03. The van der Waals surface area contributed by atoms with Gasteiger partial charge in [0.15, 0.2) is 10.8 Å². The lowest BCUT2D eigenvalue weighted by molar-refractivity contribution is -0.0498. The molecule has 1 amide bonds. The summed E-state index contributed by atoms with van der Waals surface area (Å²) in [7, 11) is 0. The molecule has 0 fully saturated rings. The average Bonchev–Trinajstić information content (AvgIpc) is 3.24. The number of carbonyl (C=O) groups excluding carboxylic acids is 1. The number of alkyl halides is 2. The molecule has 0 aliphatic heterocycles. The number of aryl methyl sites for hydroxylation is 1. The molecule has 25 heavy (non-hydrogen) atoms. The highest BCUT2D eigenvalue weighted by Crippen LogP contribution is 2.27. The van der Waals surface area contributed by atoms with E-state index in [9.17, 15) is 13.6 Å². The summed E-state index contributed by atoms with van der Waals surface area (Å²) in [4.78, 5) is 16.5. The molecule has 2 heterocycles. The fraction of sp³-hybridized carbons (Fsp3) is 0.188. The lowest BCUT2D eigenvalue weighted by Gasteiger charge is -2.04. The Balaban J connectivity index is 1.68. The van der Waals surface area contributed by atoms with Crippen LogP contribution in [0.25, 0.3) is 11.3 Å². The average molecular weight is 364 g/mol. The van der Waals surface area contributed by atoms with Gasteiger partial charge in [-0.05, 0) is 37.3 Å². The van der Waals surface area contributed by atoms with Gasteiger partial charge < -0.3 is 4.74 Å². The number of halogens is 2. The number of nitrogens with one attached hydrogen (secondary N) is 1. The normalized spacial score (nSPS) is 10.9. The largest absolute Gasteiger partial charge is 0.435 e. The summed E-state index contributed by atoms with van der Waals surface area (Å²) < 4.78 is 30.3. The van der Waals surface area contributed by atoms with E-state index >= 15 is 0 Å². The van der Waals surface area contributed by atoms with Crippen LogP contribution < -0.4 is 10.1 Å². The molecule has 9 heteroatoms. The van der Waals surface area contributed by atoms with Gasteiger partial charge >= 0.3 is 6.61 Å². The summed E-state index contributed by atoms with van der Waals surface area (Å²) in [6.07, 6.45) is 1.73. The molecule has 0 atom stereocenters. The van der Waals surface area contributed by atoms with Crippen LogP contribution in [0.4, 0.5) is 13.9 Å². The van der Waals surface area contributed by atoms with Crippen LogP contribution in [-0.4, -0.2) is 27.3 Å². The Morgan fingerprint density at radius 3 is 2.72 bits per heavy atom. The van der Waals surface area contributed by atoms with Gasteiger partial charge in [0.1, 0.15) is 5.75 Å². The Hall–Kier alpha value is -2.81. The van der Waals surface area contributed by atoms with Crippen molar-refractivity contribution in [2.75, 3.05) is 5.32 Å². The maximum atomic E-state index is 12.2. The Labute approximate surface area is 146 Å². The summed E-state index contributed by atoms with van der Waals surface area (Å²) in [6.45, 7) is -0.248. The number of amides is 1. The number of hydrogen-bond acceptors (Lipinski definition) is 5. The SMILES string of the molecule is CCn1ccc(C(=O)Nc2nc(-c3ccc(OC(F)F)cc3)cs2)n1. The van der Waals surface area contributed by atoms with Gasteiger partial charge in [-0.2, -0.15) is 13.9 Å². The highest BCUT2D eigenvalue weighted by molar-refractivity contribution is 7.14. The van der Waals surface area contributed by atoms with Crippen molar-refractivity contribution in [2.24, 2.45) is 0 Å². The quantitative estimate of drug-likeness (QED) is 0.721. The van der Waals surface area contributed by atoms with E-state index in [0.717, 1.165) is 5.56 Å². The summed E-state index contributed by atoms with van der Waals surface area (Å²) >= 11 is 1.27. The fourth-order valence-electron chi connectivity index (χ4n) is 2.09. The van der Waals surface area contributed by atoms with E-state index in [1.165, 1.54) is 23.5 Å². The number of anilines is 1. The number of nitrogens with zero attached hydrogens (tertiary/aromatic N) is 3. The van der Waals surface area contributed by atoms with Crippen LogP contribution in [0.3, 0.4) is 0 Å². The lowest BCUT2D eigenvalue weighted by Crippen LogP contribution is -2.13. The number of aromatic nitrogens is 3. The minimum Gasteiger partial charge on any atom is -0.435 e. The van der Waals surface area contributed by atoms with E-state index in [0.29, 0.717) is 23.1 Å². The van der Waals surface area contributed by atoms with Crippen LogP contribution in [0, 0.1) is 0 Å². The number of hydrogen-bond donors (Lipinski definition) is 1. The molecule has 0 aliphatic carbocycles. The standard InChI is InChI=1S/C16H14F2N4O2S/c1-2-22-8-7-12(21-22)14(23)20-16-19-13(9-25-16)10-3-5-11(6-4-10)24-15(17)18/h3-9,15H,2H2,1H3,(H,19,20,23). The minimum absolute atomic E-state index is 0.0778. The molecule has 3 aromatic rings. The molecule has 0 bridgehead atoms. The second-order valence-electron chi connectivity index (χ2n) is 4.95. The molecule has 0 aliphatic rings. The molecule has 0 saturated heterocycles. The van der Waals surface area contributed by atoms with Gasteiger partial charge in [-0.15, -0.1) is 11.3 Å². The first-order valence-corrected chi connectivity index (χ1v) is 8.28. The molecular formula is C16H14F2N4O2S.